The van der Waals surface area contributed by atoms with E-state index < -0.39 is 0 Å². The molecule has 0 unspecified atom stereocenters. The smallest absolute Gasteiger partial charge is 0.251 e. The molecule has 1 aromatic carbocycles. The summed E-state index contributed by atoms with van der Waals surface area (Å²) in [6, 6.07) is 12.6. The molecular formula is C25H24N4O4. The zero-order chi connectivity index (χ0) is 23.4. The molecule has 0 saturated heterocycles. The Balaban J connectivity index is 1.50. The van der Waals surface area contributed by atoms with E-state index in [2.05, 4.69) is 20.4 Å². The van der Waals surface area contributed by atoms with E-state index in [0.717, 1.165) is 22.4 Å². The monoisotopic (exact) mass is 444 g/mol. The zero-order valence-electron chi connectivity index (χ0n) is 18.9. The summed E-state index contributed by atoms with van der Waals surface area (Å²) in [4.78, 5) is 21.4. The Hall–Kier alpha value is -4.20. The lowest BCUT2D eigenvalue weighted by Crippen LogP contribution is -2.23. The van der Waals surface area contributed by atoms with Crippen molar-refractivity contribution in [2.24, 2.45) is 0 Å². The highest BCUT2D eigenvalue weighted by Gasteiger charge is 2.16. The second-order valence-corrected chi connectivity index (χ2v) is 7.50. The molecule has 1 N–H and O–H groups in total. The first-order valence-corrected chi connectivity index (χ1v) is 10.4. The highest BCUT2D eigenvalue weighted by molar-refractivity contribution is 5.96. The maximum atomic E-state index is 12.8. The fourth-order valence-corrected chi connectivity index (χ4v) is 3.47. The fourth-order valence-electron chi connectivity index (χ4n) is 3.47. The second kappa shape index (κ2) is 9.52. The molecule has 33 heavy (non-hydrogen) atoms. The van der Waals surface area contributed by atoms with Crippen molar-refractivity contribution in [3.63, 3.8) is 0 Å². The molecule has 1 amide bonds. The fraction of sp³-hybridized carbons (Fsp3) is 0.200. The number of nitrogens with zero attached hydrogens (tertiary/aromatic N) is 3. The maximum absolute atomic E-state index is 12.8. The van der Waals surface area contributed by atoms with Gasteiger partial charge in [-0.3, -0.25) is 9.78 Å². The molecule has 0 aliphatic heterocycles. The van der Waals surface area contributed by atoms with E-state index in [1.807, 2.05) is 39.0 Å². The molecule has 0 bridgehead atoms. The van der Waals surface area contributed by atoms with Crippen LogP contribution in [0.1, 0.15) is 32.9 Å². The van der Waals surface area contributed by atoms with Gasteiger partial charge in [0.25, 0.3) is 5.91 Å². The van der Waals surface area contributed by atoms with Crippen LogP contribution in [0.2, 0.25) is 0 Å². The van der Waals surface area contributed by atoms with Gasteiger partial charge in [0.2, 0.25) is 5.88 Å². The number of aryl methyl sites for hydroxylation is 2. The number of ether oxygens (including phenoxy) is 2. The zero-order valence-corrected chi connectivity index (χ0v) is 18.9. The lowest BCUT2D eigenvalue weighted by Gasteiger charge is -2.13. The van der Waals surface area contributed by atoms with Gasteiger partial charge in [0.05, 0.1) is 24.1 Å². The number of hydrogen-bond acceptors (Lipinski definition) is 7. The third kappa shape index (κ3) is 4.85. The minimum absolute atomic E-state index is 0.195. The highest BCUT2D eigenvalue weighted by atomic mass is 16.5. The summed E-state index contributed by atoms with van der Waals surface area (Å²) in [5.74, 6) is 2.22. The van der Waals surface area contributed by atoms with Crippen LogP contribution < -0.4 is 14.8 Å². The predicted molar refractivity (Wildman–Crippen MR) is 122 cm³/mol. The molecule has 3 heterocycles. The maximum Gasteiger partial charge on any atom is 0.251 e. The van der Waals surface area contributed by atoms with Crippen molar-refractivity contribution in [3.8, 4) is 28.6 Å². The number of methoxy groups -OCH3 is 1. The van der Waals surface area contributed by atoms with Crippen LogP contribution in [-0.4, -0.2) is 28.1 Å². The van der Waals surface area contributed by atoms with Crippen molar-refractivity contribution in [2.75, 3.05) is 7.11 Å². The number of carbonyl (C=O) groups is 1. The molecule has 168 valence electrons. The number of aromatic nitrogens is 3. The van der Waals surface area contributed by atoms with Crippen LogP contribution >= 0.6 is 0 Å². The Kier molecular flexibility index (Phi) is 6.35. The molecule has 0 fully saturated rings. The summed E-state index contributed by atoms with van der Waals surface area (Å²) in [6.45, 7) is 5.93. The van der Waals surface area contributed by atoms with E-state index >= 15 is 0 Å². The van der Waals surface area contributed by atoms with E-state index in [9.17, 15) is 4.79 Å². The molecule has 0 saturated carbocycles. The third-order valence-electron chi connectivity index (χ3n) is 5.24. The number of benzene rings is 1. The SMILES string of the molecule is COc1ccc(CNC(=O)c2cccc(Oc3ccnc(-c4c(C)noc4C)c3)c2C)cn1. The first-order valence-electron chi connectivity index (χ1n) is 10.4. The topological polar surface area (TPSA) is 99.4 Å². The predicted octanol–water partition coefficient (Wildman–Crippen LogP) is 4.79. The van der Waals surface area contributed by atoms with Gasteiger partial charge >= 0.3 is 0 Å². The van der Waals surface area contributed by atoms with Gasteiger partial charge in [-0.2, -0.15) is 0 Å². The Bertz CT molecular complexity index is 1260. The molecule has 8 heteroatoms. The third-order valence-corrected chi connectivity index (χ3v) is 5.24. The van der Waals surface area contributed by atoms with Gasteiger partial charge in [0, 0.05) is 42.2 Å². The van der Waals surface area contributed by atoms with Crippen LogP contribution in [0.5, 0.6) is 17.4 Å². The number of pyridine rings is 2. The van der Waals surface area contributed by atoms with Crippen LogP contribution in [0.25, 0.3) is 11.3 Å². The van der Waals surface area contributed by atoms with Crippen molar-refractivity contribution >= 4 is 5.91 Å². The second-order valence-electron chi connectivity index (χ2n) is 7.50. The first-order chi connectivity index (χ1) is 16.0. The van der Waals surface area contributed by atoms with Crippen molar-refractivity contribution in [3.05, 3.63) is 83.0 Å². The van der Waals surface area contributed by atoms with E-state index in [4.69, 9.17) is 14.0 Å². The quantitative estimate of drug-likeness (QED) is 0.438. The first kappa shape index (κ1) is 22.0. The van der Waals surface area contributed by atoms with E-state index in [-0.39, 0.29) is 5.91 Å². The van der Waals surface area contributed by atoms with Crippen LogP contribution in [0.15, 0.2) is 59.4 Å². The summed E-state index contributed by atoms with van der Waals surface area (Å²) >= 11 is 0. The molecule has 3 aromatic heterocycles. The molecule has 0 radical (unpaired) electrons. The number of rotatable bonds is 7. The molecule has 0 atom stereocenters. The summed E-state index contributed by atoms with van der Waals surface area (Å²) in [5.41, 5.74) is 4.46. The van der Waals surface area contributed by atoms with Gasteiger partial charge in [-0.15, -0.1) is 0 Å². The molecule has 4 rings (SSSR count). The Morgan fingerprint density at radius 1 is 1.09 bits per heavy atom. The Labute approximate surface area is 191 Å². The molecule has 0 spiro atoms. The van der Waals surface area contributed by atoms with Crippen LogP contribution in [0, 0.1) is 20.8 Å². The Morgan fingerprint density at radius 2 is 1.94 bits per heavy atom. The van der Waals surface area contributed by atoms with Crippen molar-refractivity contribution in [1.82, 2.24) is 20.4 Å². The van der Waals surface area contributed by atoms with Gasteiger partial charge < -0.3 is 19.3 Å². The molecule has 0 aliphatic carbocycles. The lowest BCUT2D eigenvalue weighted by atomic mass is 10.1. The average Bonchev–Trinajstić information content (AvgIpc) is 3.17. The van der Waals surface area contributed by atoms with Crippen molar-refractivity contribution in [2.45, 2.75) is 27.3 Å². The Morgan fingerprint density at radius 3 is 2.64 bits per heavy atom. The summed E-state index contributed by atoms with van der Waals surface area (Å²) in [7, 11) is 1.56. The average molecular weight is 444 g/mol. The largest absolute Gasteiger partial charge is 0.481 e. The summed E-state index contributed by atoms with van der Waals surface area (Å²) in [5, 5.41) is 6.91. The summed E-state index contributed by atoms with van der Waals surface area (Å²) in [6.07, 6.45) is 3.34. The number of carbonyl (C=O) groups excluding carboxylic acids is 1. The number of nitrogens with one attached hydrogen (secondary N) is 1. The van der Waals surface area contributed by atoms with Crippen molar-refractivity contribution in [1.29, 1.82) is 0 Å². The van der Waals surface area contributed by atoms with Gasteiger partial charge in [0.1, 0.15) is 17.3 Å². The normalized spacial score (nSPS) is 10.7. The van der Waals surface area contributed by atoms with Gasteiger partial charge in [-0.05, 0) is 44.5 Å². The standard InChI is InChI=1S/C25H24N4O4/c1-15-20(25(30)28-14-18-8-9-23(31-4)27-13-18)6-5-7-22(15)32-19-10-11-26-21(12-19)24-16(2)29-33-17(24)3/h5-13H,14H2,1-4H3,(H,28,30). The highest BCUT2D eigenvalue weighted by Crippen LogP contribution is 2.31. The molecule has 0 aliphatic rings. The lowest BCUT2D eigenvalue weighted by molar-refractivity contribution is 0.0950. The van der Waals surface area contributed by atoms with E-state index in [0.29, 0.717) is 40.9 Å². The molecule has 4 aromatic rings. The van der Waals surface area contributed by atoms with Crippen LogP contribution in [-0.2, 0) is 6.54 Å². The van der Waals surface area contributed by atoms with Crippen LogP contribution in [0.3, 0.4) is 0 Å². The van der Waals surface area contributed by atoms with Gasteiger partial charge in [0.15, 0.2) is 0 Å². The van der Waals surface area contributed by atoms with E-state index in [1.165, 1.54) is 0 Å². The minimum atomic E-state index is -0.195. The molecule has 8 nitrogen and oxygen atoms in total. The number of hydrogen-bond donors (Lipinski definition) is 1. The minimum Gasteiger partial charge on any atom is -0.481 e. The molecular weight excluding hydrogens is 420 g/mol. The van der Waals surface area contributed by atoms with Crippen molar-refractivity contribution < 1.29 is 18.8 Å². The van der Waals surface area contributed by atoms with Gasteiger partial charge in [-0.1, -0.05) is 17.3 Å². The van der Waals surface area contributed by atoms with E-state index in [1.54, 1.807) is 43.8 Å². The number of amides is 1. The summed E-state index contributed by atoms with van der Waals surface area (Å²) < 4.78 is 16.4. The van der Waals surface area contributed by atoms with Gasteiger partial charge in [-0.25, -0.2) is 4.98 Å². The van der Waals surface area contributed by atoms with Crippen LogP contribution in [0.4, 0.5) is 0 Å².